The number of carbonyl (C=O) groups is 2. The zero-order valence-electron chi connectivity index (χ0n) is 17.7. The molecule has 5 nitrogen and oxygen atoms in total. The van der Waals surface area contributed by atoms with Crippen LogP contribution in [0.4, 0.5) is 0 Å². The molecule has 0 heterocycles. The Labute approximate surface area is 170 Å². The van der Waals surface area contributed by atoms with Gasteiger partial charge < -0.3 is 15.5 Å². The van der Waals surface area contributed by atoms with E-state index in [4.69, 9.17) is 0 Å². The maximum absolute atomic E-state index is 12.8. The van der Waals surface area contributed by atoms with Crippen LogP contribution < -0.4 is 10.6 Å². The number of rotatable bonds is 10. The van der Waals surface area contributed by atoms with Gasteiger partial charge in [-0.1, -0.05) is 63.4 Å². The third kappa shape index (κ3) is 7.63. The van der Waals surface area contributed by atoms with E-state index >= 15 is 0 Å². The second kappa shape index (κ2) is 11.8. The van der Waals surface area contributed by atoms with E-state index in [9.17, 15) is 9.59 Å². The van der Waals surface area contributed by atoms with E-state index in [1.165, 1.54) is 32.1 Å². The van der Waals surface area contributed by atoms with Gasteiger partial charge in [-0.25, -0.2) is 0 Å². The first-order valence-corrected chi connectivity index (χ1v) is 10.8. The van der Waals surface area contributed by atoms with Gasteiger partial charge in [-0.2, -0.15) is 0 Å². The van der Waals surface area contributed by atoms with E-state index < -0.39 is 6.04 Å². The third-order valence-electron chi connectivity index (χ3n) is 5.48. The summed E-state index contributed by atoms with van der Waals surface area (Å²) < 4.78 is 0. The second-order valence-electron chi connectivity index (χ2n) is 8.43. The summed E-state index contributed by atoms with van der Waals surface area (Å²) in [5.41, 5.74) is 0.816. The Hall–Kier alpha value is -1.88. The molecule has 0 radical (unpaired) electrons. The fourth-order valence-electron chi connectivity index (χ4n) is 3.88. The van der Waals surface area contributed by atoms with Crippen molar-refractivity contribution in [3.8, 4) is 0 Å². The lowest BCUT2D eigenvalue weighted by Crippen LogP contribution is -2.41. The normalized spacial score (nSPS) is 16.2. The van der Waals surface area contributed by atoms with E-state index in [1.807, 2.05) is 44.2 Å². The van der Waals surface area contributed by atoms with E-state index in [1.54, 1.807) is 0 Å². The van der Waals surface area contributed by atoms with Gasteiger partial charge in [0.1, 0.15) is 6.04 Å². The molecule has 2 amide bonds. The van der Waals surface area contributed by atoms with Gasteiger partial charge in [-0.15, -0.1) is 0 Å². The van der Waals surface area contributed by atoms with E-state index in [-0.39, 0.29) is 17.7 Å². The molecule has 2 N–H and O–H groups in total. The number of carbonyl (C=O) groups excluding carboxylic acids is 2. The minimum absolute atomic E-state index is 0.0870. The SMILES string of the molecule is CC(C)CC(=O)NC(C(=O)NCCCN(C)C1CCCCC1)c1ccccc1. The second-order valence-corrected chi connectivity index (χ2v) is 8.43. The first kappa shape index (κ1) is 22.4. The molecular weight excluding hydrogens is 350 g/mol. The molecular formula is C23H37N3O2. The lowest BCUT2D eigenvalue weighted by Gasteiger charge is -2.31. The summed E-state index contributed by atoms with van der Waals surface area (Å²) in [7, 11) is 2.19. The van der Waals surface area contributed by atoms with Crippen LogP contribution >= 0.6 is 0 Å². The number of hydrogen-bond donors (Lipinski definition) is 2. The molecule has 0 aliphatic heterocycles. The van der Waals surface area contributed by atoms with Gasteiger partial charge in [0.2, 0.25) is 11.8 Å². The molecule has 0 spiro atoms. The van der Waals surface area contributed by atoms with Crippen molar-refractivity contribution in [3.63, 3.8) is 0 Å². The van der Waals surface area contributed by atoms with E-state index in [0.717, 1.165) is 18.5 Å². The molecule has 1 atom stereocenters. The van der Waals surface area contributed by atoms with Gasteiger partial charge in [0, 0.05) is 19.0 Å². The molecule has 0 aromatic heterocycles. The predicted octanol–water partition coefficient (Wildman–Crippen LogP) is 3.66. The van der Waals surface area contributed by atoms with Crippen LogP contribution in [0.15, 0.2) is 30.3 Å². The van der Waals surface area contributed by atoms with Crippen LogP contribution in [0.1, 0.15) is 70.4 Å². The van der Waals surface area contributed by atoms with Crippen molar-refractivity contribution in [2.75, 3.05) is 20.1 Å². The van der Waals surface area contributed by atoms with E-state index in [0.29, 0.717) is 19.0 Å². The highest BCUT2D eigenvalue weighted by Crippen LogP contribution is 2.21. The van der Waals surface area contributed by atoms with Crippen molar-refractivity contribution in [3.05, 3.63) is 35.9 Å². The highest BCUT2D eigenvalue weighted by atomic mass is 16.2. The van der Waals surface area contributed by atoms with Gasteiger partial charge in [-0.3, -0.25) is 9.59 Å². The van der Waals surface area contributed by atoms with Gasteiger partial charge in [0.05, 0.1) is 0 Å². The quantitative estimate of drug-likeness (QED) is 0.602. The molecule has 156 valence electrons. The lowest BCUT2D eigenvalue weighted by atomic mass is 9.94. The summed E-state index contributed by atoms with van der Waals surface area (Å²) in [6.45, 7) is 5.61. The predicted molar refractivity (Wildman–Crippen MR) is 114 cm³/mol. The largest absolute Gasteiger partial charge is 0.354 e. The Morgan fingerprint density at radius 3 is 2.43 bits per heavy atom. The van der Waals surface area contributed by atoms with Crippen LogP contribution in [0, 0.1) is 5.92 Å². The minimum atomic E-state index is -0.636. The van der Waals surface area contributed by atoms with Crippen LogP contribution in [-0.2, 0) is 9.59 Å². The van der Waals surface area contributed by atoms with Crippen molar-refractivity contribution < 1.29 is 9.59 Å². The first-order valence-electron chi connectivity index (χ1n) is 10.8. The molecule has 1 aliphatic rings. The Morgan fingerprint density at radius 2 is 1.79 bits per heavy atom. The van der Waals surface area contributed by atoms with Gasteiger partial charge >= 0.3 is 0 Å². The Kier molecular flexibility index (Phi) is 9.48. The standard InChI is InChI=1S/C23H37N3O2/c1-18(2)17-21(27)25-22(19-11-6-4-7-12-19)23(28)24-15-10-16-26(3)20-13-8-5-9-14-20/h4,6-7,11-12,18,20,22H,5,8-10,13-17H2,1-3H3,(H,24,28)(H,25,27). The molecule has 28 heavy (non-hydrogen) atoms. The smallest absolute Gasteiger partial charge is 0.247 e. The first-order chi connectivity index (χ1) is 13.5. The zero-order valence-corrected chi connectivity index (χ0v) is 17.7. The van der Waals surface area contributed by atoms with E-state index in [2.05, 4.69) is 22.6 Å². The molecule has 1 aliphatic carbocycles. The van der Waals surface area contributed by atoms with Crippen molar-refractivity contribution >= 4 is 11.8 Å². The van der Waals surface area contributed by atoms with Crippen molar-refractivity contribution in [2.24, 2.45) is 5.92 Å². The number of amides is 2. The summed E-state index contributed by atoms with van der Waals surface area (Å²) in [5, 5.41) is 5.92. The fraction of sp³-hybridized carbons (Fsp3) is 0.652. The van der Waals surface area contributed by atoms with Crippen LogP contribution in [0.25, 0.3) is 0 Å². The molecule has 2 rings (SSSR count). The lowest BCUT2D eigenvalue weighted by molar-refractivity contribution is -0.129. The van der Waals surface area contributed by atoms with Crippen LogP contribution in [0.2, 0.25) is 0 Å². The third-order valence-corrected chi connectivity index (χ3v) is 5.48. The Balaban J connectivity index is 1.83. The van der Waals surface area contributed by atoms with Gasteiger partial charge in [0.15, 0.2) is 0 Å². The fourth-order valence-corrected chi connectivity index (χ4v) is 3.88. The van der Waals surface area contributed by atoms with Gasteiger partial charge in [0.25, 0.3) is 0 Å². The van der Waals surface area contributed by atoms with Gasteiger partial charge in [-0.05, 0) is 44.3 Å². The highest BCUT2D eigenvalue weighted by Gasteiger charge is 2.23. The molecule has 0 saturated heterocycles. The summed E-state index contributed by atoms with van der Waals surface area (Å²) in [6, 6.07) is 9.52. The van der Waals surface area contributed by atoms with Crippen LogP contribution in [0.3, 0.4) is 0 Å². The summed E-state index contributed by atoms with van der Waals surface area (Å²) in [4.78, 5) is 27.4. The molecule has 1 fully saturated rings. The number of benzene rings is 1. The molecule has 1 aromatic rings. The summed E-state index contributed by atoms with van der Waals surface area (Å²) in [5.74, 6) is 0.0365. The number of nitrogens with one attached hydrogen (secondary N) is 2. The number of hydrogen-bond acceptors (Lipinski definition) is 3. The zero-order chi connectivity index (χ0) is 20.4. The van der Waals surface area contributed by atoms with Crippen LogP contribution in [-0.4, -0.2) is 42.9 Å². The Morgan fingerprint density at radius 1 is 1.11 bits per heavy atom. The molecule has 5 heteroatoms. The maximum Gasteiger partial charge on any atom is 0.247 e. The summed E-state index contributed by atoms with van der Waals surface area (Å²) in [6.07, 6.45) is 7.95. The maximum atomic E-state index is 12.8. The highest BCUT2D eigenvalue weighted by molar-refractivity contribution is 5.88. The van der Waals surface area contributed by atoms with Crippen molar-refractivity contribution in [1.29, 1.82) is 0 Å². The molecule has 1 unspecified atom stereocenters. The average Bonchev–Trinajstić information content (AvgIpc) is 2.70. The summed E-state index contributed by atoms with van der Waals surface area (Å²) >= 11 is 0. The molecule has 1 aromatic carbocycles. The average molecular weight is 388 g/mol. The van der Waals surface area contributed by atoms with Crippen LogP contribution in [0.5, 0.6) is 0 Å². The van der Waals surface area contributed by atoms with Crippen molar-refractivity contribution in [1.82, 2.24) is 15.5 Å². The van der Waals surface area contributed by atoms with Crippen molar-refractivity contribution in [2.45, 2.75) is 70.9 Å². The number of nitrogens with zero attached hydrogens (tertiary/aromatic N) is 1. The minimum Gasteiger partial charge on any atom is -0.354 e. The Bertz CT molecular complexity index is 597. The molecule has 1 saturated carbocycles. The molecule has 0 bridgehead atoms. The monoisotopic (exact) mass is 387 g/mol. The topological polar surface area (TPSA) is 61.4 Å².